The van der Waals surface area contributed by atoms with E-state index in [1.807, 2.05) is 24.3 Å². The van der Waals surface area contributed by atoms with Gasteiger partial charge in [-0.2, -0.15) is 10.2 Å². The zero-order chi connectivity index (χ0) is 19.7. The minimum atomic E-state index is -3.51. The fourth-order valence-corrected chi connectivity index (χ4v) is 3.73. The number of hydrogen-bond donors (Lipinski definition) is 2. The van der Waals surface area contributed by atoms with Gasteiger partial charge in [-0.05, 0) is 22.4 Å². The van der Waals surface area contributed by atoms with Crippen LogP contribution in [0.15, 0.2) is 51.9 Å². The van der Waals surface area contributed by atoms with Crippen molar-refractivity contribution in [2.24, 2.45) is 5.73 Å². The summed E-state index contributed by atoms with van der Waals surface area (Å²) in [5.41, 5.74) is 8.05. The van der Waals surface area contributed by atoms with Gasteiger partial charge < -0.3 is 10.3 Å². The second kappa shape index (κ2) is 6.94. The number of tetrazole rings is 1. The van der Waals surface area contributed by atoms with Gasteiger partial charge in [-0.15, -0.1) is 10.2 Å². The second-order valence-electron chi connectivity index (χ2n) is 5.98. The molecule has 0 aliphatic rings. The highest BCUT2D eigenvalue weighted by Gasteiger charge is 2.22. The van der Waals surface area contributed by atoms with E-state index in [4.69, 9.17) is 10.3 Å². The van der Waals surface area contributed by atoms with Crippen molar-refractivity contribution >= 4 is 9.84 Å². The van der Waals surface area contributed by atoms with Crippen LogP contribution in [-0.4, -0.2) is 45.4 Å². The molecule has 0 aliphatic carbocycles. The number of rotatable bonds is 5. The molecule has 0 saturated heterocycles. The third-order valence-electron chi connectivity index (χ3n) is 4.09. The smallest absolute Gasteiger partial charge is 0.240 e. The summed E-state index contributed by atoms with van der Waals surface area (Å²) >= 11 is 0. The molecule has 2 aromatic carbocycles. The van der Waals surface area contributed by atoms with E-state index in [0.29, 0.717) is 22.8 Å². The van der Waals surface area contributed by atoms with Crippen LogP contribution in [0.2, 0.25) is 0 Å². The van der Waals surface area contributed by atoms with Gasteiger partial charge in [0.2, 0.25) is 17.5 Å². The maximum atomic E-state index is 12.3. The fraction of sp³-hybridized carbons (Fsp3) is 0.118. The predicted molar refractivity (Wildman–Crippen MR) is 99.3 cm³/mol. The number of nitrogens with one attached hydrogen (secondary N) is 1. The van der Waals surface area contributed by atoms with Gasteiger partial charge in [0.15, 0.2) is 9.84 Å². The lowest BCUT2D eigenvalue weighted by Gasteiger charge is -2.11. The number of nitrogens with zero attached hydrogens (tertiary/aromatic N) is 5. The van der Waals surface area contributed by atoms with Gasteiger partial charge in [-0.3, -0.25) is 0 Å². The molecule has 0 unspecified atom stereocenters. The Morgan fingerprint density at radius 1 is 1.07 bits per heavy atom. The molecule has 142 valence electrons. The summed E-state index contributed by atoms with van der Waals surface area (Å²) in [7, 11) is -3.51. The topological polar surface area (TPSA) is 154 Å². The van der Waals surface area contributed by atoms with E-state index in [0.717, 1.165) is 17.4 Å². The number of sulfone groups is 1. The van der Waals surface area contributed by atoms with Gasteiger partial charge in [0, 0.05) is 17.4 Å². The van der Waals surface area contributed by atoms with Gasteiger partial charge in [0.1, 0.15) is 0 Å². The summed E-state index contributed by atoms with van der Waals surface area (Å²) in [6.45, 7) is 0.164. The highest BCUT2D eigenvalue weighted by Crippen LogP contribution is 2.35. The third-order valence-corrected chi connectivity index (χ3v) is 5.23. The van der Waals surface area contributed by atoms with Gasteiger partial charge in [0.25, 0.3) is 0 Å². The standard InChI is InChI=1S/C17H15N7O3S/c1-28(25,26)13-4-2-3-12(15(13)17-20-23-24-21-17)10-5-7-11(8-6-10)16-19-14(9-18)27-22-16/h2-8H,9,18H2,1H3,(H,20,21,23,24). The van der Waals surface area contributed by atoms with E-state index in [2.05, 4.69) is 30.8 Å². The Balaban J connectivity index is 1.83. The lowest BCUT2D eigenvalue weighted by molar-refractivity contribution is 0.380. The molecule has 4 aromatic rings. The van der Waals surface area contributed by atoms with Crippen LogP contribution >= 0.6 is 0 Å². The molecule has 0 bridgehead atoms. The Morgan fingerprint density at radius 3 is 2.43 bits per heavy atom. The van der Waals surface area contributed by atoms with Crippen LogP contribution < -0.4 is 5.73 Å². The van der Waals surface area contributed by atoms with Crippen molar-refractivity contribution in [3.63, 3.8) is 0 Å². The number of H-pyrrole nitrogens is 1. The Kier molecular flexibility index (Phi) is 4.45. The Hall–Kier alpha value is -3.44. The molecule has 0 spiro atoms. The lowest BCUT2D eigenvalue weighted by Crippen LogP contribution is -2.02. The summed E-state index contributed by atoms with van der Waals surface area (Å²) in [4.78, 5) is 4.32. The van der Waals surface area contributed by atoms with E-state index in [-0.39, 0.29) is 17.3 Å². The van der Waals surface area contributed by atoms with Gasteiger partial charge >= 0.3 is 0 Å². The van der Waals surface area contributed by atoms with Crippen LogP contribution in [0.4, 0.5) is 0 Å². The normalized spacial score (nSPS) is 11.6. The molecule has 0 radical (unpaired) electrons. The Bertz CT molecular complexity index is 1220. The molecule has 0 aliphatic heterocycles. The van der Waals surface area contributed by atoms with E-state index >= 15 is 0 Å². The number of benzene rings is 2. The SMILES string of the molecule is CS(=O)(=O)c1cccc(-c2ccc(-c3noc(CN)n3)cc2)c1-c1nn[nH]n1. The molecule has 11 heteroatoms. The van der Waals surface area contributed by atoms with Crippen LogP contribution in [0.3, 0.4) is 0 Å². The lowest BCUT2D eigenvalue weighted by atomic mass is 9.98. The number of aromatic nitrogens is 6. The molecule has 0 amide bonds. The van der Waals surface area contributed by atoms with Crippen molar-refractivity contribution in [3.8, 4) is 33.9 Å². The number of aromatic amines is 1. The van der Waals surface area contributed by atoms with E-state index in [1.54, 1.807) is 12.1 Å². The summed E-state index contributed by atoms with van der Waals surface area (Å²) in [5.74, 6) is 0.973. The average Bonchev–Trinajstić information content (AvgIpc) is 3.39. The number of hydrogen-bond acceptors (Lipinski definition) is 9. The van der Waals surface area contributed by atoms with E-state index in [9.17, 15) is 8.42 Å². The van der Waals surface area contributed by atoms with Crippen LogP contribution in [0.5, 0.6) is 0 Å². The Morgan fingerprint density at radius 2 is 1.82 bits per heavy atom. The molecular weight excluding hydrogens is 382 g/mol. The van der Waals surface area contributed by atoms with Crippen molar-refractivity contribution in [2.75, 3.05) is 6.26 Å². The fourth-order valence-electron chi connectivity index (χ4n) is 2.83. The monoisotopic (exact) mass is 397 g/mol. The molecular formula is C17H15N7O3S. The highest BCUT2D eigenvalue weighted by atomic mass is 32.2. The molecule has 28 heavy (non-hydrogen) atoms. The van der Waals surface area contributed by atoms with Crippen molar-refractivity contribution in [3.05, 3.63) is 48.4 Å². The first-order chi connectivity index (χ1) is 13.5. The first-order valence-electron chi connectivity index (χ1n) is 8.17. The van der Waals surface area contributed by atoms with Gasteiger partial charge in [-0.25, -0.2) is 8.42 Å². The highest BCUT2D eigenvalue weighted by molar-refractivity contribution is 7.90. The van der Waals surface area contributed by atoms with Crippen LogP contribution in [-0.2, 0) is 16.4 Å². The summed E-state index contributed by atoms with van der Waals surface area (Å²) in [6, 6.07) is 12.3. The van der Waals surface area contributed by atoms with Crippen LogP contribution in [0, 0.1) is 0 Å². The molecule has 0 fully saturated rings. The minimum Gasteiger partial charge on any atom is -0.338 e. The summed E-state index contributed by atoms with van der Waals surface area (Å²) < 4.78 is 29.6. The molecule has 10 nitrogen and oxygen atoms in total. The zero-order valence-electron chi connectivity index (χ0n) is 14.7. The van der Waals surface area contributed by atoms with Gasteiger partial charge in [0.05, 0.1) is 11.4 Å². The Labute approximate surface area is 159 Å². The largest absolute Gasteiger partial charge is 0.338 e. The molecule has 3 N–H and O–H groups in total. The van der Waals surface area contributed by atoms with E-state index in [1.165, 1.54) is 6.07 Å². The minimum absolute atomic E-state index is 0.126. The predicted octanol–water partition coefficient (Wildman–Crippen LogP) is 1.45. The van der Waals surface area contributed by atoms with Crippen LogP contribution in [0.1, 0.15) is 5.89 Å². The first kappa shape index (κ1) is 17.9. The quantitative estimate of drug-likeness (QED) is 0.509. The van der Waals surface area contributed by atoms with Crippen molar-refractivity contribution in [1.82, 2.24) is 30.8 Å². The first-order valence-corrected chi connectivity index (χ1v) is 10.1. The molecule has 2 heterocycles. The van der Waals surface area contributed by atoms with E-state index < -0.39 is 9.84 Å². The summed E-state index contributed by atoms with van der Waals surface area (Å²) in [5, 5.41) is 17.7. The third kappa shape index (κ3) is 3.28. The molecule has 2 aromatic heterocycles. The van der Waals surface area contributed by atoms with Crippen molar-refractivity contribution in [2.45, 2.75) is 11.4 Å². The molecule has 0 atom stereocenters. The zero-order valence-corrected chi connectivity index (χ0v) is 15.5. The second-order valence-corrected chi connectivity index (χ2v) is 7.96. The van der Waals surface area contributed by atoms with Crippen molar-refractivity contribution < 1.29 is 12.9 Å². The average molecular weight is 397 g/mol. The maximum Gasteiger partial charge on any atom is 0.240 e. The molecule has 4 rings (SSSR count). The number of nitrogens with two attached hydrogens (primary N) is 1. The summed E-state index contributed by atoms with van der Waals surface area (Å²) in [6.07, 6.45) is 1.14. The van der Waals surface area contributed by atoms with Gasteiger partial charge in [-0.1, -0.05) is 41.6 Å². The van der Waals surface area contributed by atoms with Crippen LogP contribution in [0.25, 0.3) is 33.9 Å². The molecule has 0 saturated carbocycles. The maximum absolute atomic E-state index is 12.3. The van der Waals surface area contributed by atoms with Crippen molar-refractivity contribution in [1.29, 1.82) is 0 Å².